The number of ether oxygens (including phenoxy) is 1. The molecule has 2 aromatic heterocycles. The van der Waals surface area contributed by atoms with Crippen LogP contribution >= 0.6 is 18.9 Å². The maximum absolute atomic E-state index is 12.5. The van der Waals surface area contributed by atoms with Gasteiger partial charge >= 0.3 is 7.60 Å². The first-order valence-corrected chi connectivity index (χ1v) is 13.8. The van der Waals surface area contributed by atoms with Crippen molar-refractivity contribution in [3.8, 4) is 5.88 Å². The number of hydrogen-bond donors (Lipinski definition) is 2. The number of aromatic nitrogens is 2. The third-order valence-corrected chi connectivity index (χ3v) is 8.79. The van der Waals surface area contributed by atoms with E-state index in [2.05, 4.69) is 34.2 Å². The monoisotopic (exact) mass is 498 g/mol. The molecule has 1 unspecified atom stereocenters. The van der Waals surface area contributed by atoms with Gasteiger partial charge in [0.1, 0.15) is 11.9 Å². The summed E-state index contributed by atoms with van der Waals surface area (Å²) in [6.07, 6.45) is 4.50. The second-order valence-corrected chi connectivity index (χ2v) is 11.7. The van der Waals surface area contributed by atoms with Gasteiger partial charge in [0.05, 0.1) is 17.1 Å². The Hall–Kier alpha value is -2.58. The first kappa shape index (κ1) is 23.2. The Balaban J connectivity index is 1.27. The van der Waals surface area contributed by atoms with Crippen LogP contribution in [0.2, 0.25) is 0 Å². The number of nitrogens with zero attached hydrogens (tertiary/aromatic N) is 3. The summed E-state index contributed by atoms with van der Waals surface area (Å²) in [7, 11) is -3.75. The lowest BCUT2D eigenvalue weighted by Crippen LogP contribution is -2.41. The SMILES string of the molecule is CC1(C)Oc2ncnc(N)c2N=C1c1ccc([C@H]2CC[C@H](OP(=O)(O)c3ccsc3)CC2)cc1. The molecule has 1 aliphatic carbocycles. The average molecular weight is 499 g/mol. The van der Waals surface area contributed by atoms with E-state index in [9.17, 15) is 9.46 Å². The maximum atomic E-state index is 12.5. The fraction of sp³-hybridized carbons (Fsp3) is 0.375. The molecule has 1 atom stereocenters. The summed E-state index contributed by atoms with van der Waals surface area (Å²) in [5.41, 5.74) is 8.76. The second-order valence-electron chi connectivity index (χ2n) is 9.19. The lowest BCUT2D eigenvalue weighted by atomic mass is 9.82. The second kappa shape index (κ2) is 8.89. The first-order valence-electron chi connectivity index (χ1n) is 11.3. The predicted octanol–water partition coefficient (Wildman–Crippen LogP) is 4.97. The Morgan fingerprint density at radius 2 is 1.88 bits per heavy atom. The minimum atomic E-state index is -3.75. The summed E-state index contributed by atoms with van der Waals surface area (Å²) >= 11 is 1.39. The number of anilines is 1. The van der Waals surface area contributed by atoms with Crippen LogP contribution in [0.25, 0.3) is 0 Å². The highest BCUT2D eigenvalue weighted by atomic mass is 32.1. The van der Waals surface area contributed by atoms with E-state index in [0.29, 0.717) is 28.6 Å². The molecule has 0 saturated heterocycles. The average Bonchev–Trinajstić information content (AvgIpc) is 3.35. The summed E-state index contributed by atoms with van der Waals surface area (Å²) < 4.78 is 24.2. The molecule has 0 radical (unpaired) electrons. The van der Waals surface area contributed by atoms with Gasteiger partial charge in [-0.1, -0.05) is 24.3 Å². The lowest BCUT2D eigenvalue weighted by Gasteiger charge is -2.32. The molecule has 34 heavy (non-hydrogen) atoms. The third kappa shape index (κ3) is 4.53. The minimum absolute atomic E-state index is 0.200. The number of nitrogens with two attached hydrogens (primary N) is 1. The molecular weight excluding hydrogens is 471 g/mol. The van der Waals surface area contributed by atoms with Crippen LogP contribution in [0, 0.1) is 0 Å². The van der Waals surface area contributed by atoms with Crippen molar-refractivity contribution in [1.29, 1.82) is 0 Å². The largest absolute Gasteiger partial charge is 0.463 e. The molecule has 1 saturated carbocycles. The van der Waals surface area contributed by atoms with Crippen molar-refractivity contribution < 1.29 is 18.7 Å². The van der Waals surface area contributed by atoms with Gasteiger partial charge in [0.2, 0.25) is 5.88 Å². The summed E-state index contributed by atoms with van der Waals surface area (Å²) in [6, 6.07) is 10.0. The highest BCUT2D eigenvalue weighted by molar-refractivity contribution is 7.61. The van der Waals surface area contributed by atoms with Gasteiger partial charge in [-0.05, 0) is 62.5 Å². The van der Waals surface area contributed by atoms with Crippen molar-refractivity contribution in [2.24, 2.45) is 4.99 Å². The zero-order chi connectivity index (χ0) is 23.9. The molecule has 0 amide bonds. The number of benzene rings is 1. The molecule has 10 heteroatoms. The van der Waals surface area contributed by atoms with Crippen LogP contribution in [-0.2, 0) is 9.09 Å². The molecular formula is C24H27N4O4PS. The van der Waals surface area contributed by atoms with E-state index in [0.717, 1.165) is 37.0 Å². The quantitative estimate of drug-likeness (QED) is 0.477. The molecule has 1 fully saturated rings. The standard InChI is InChI=1S/C24H27N4O4PS/c1-24(2)21(28-20-22(25)26-14-27-23(20)31-24)17-5-3-15(4-6-17)16-7-9-18(10-8-16)32-33(29,30)19-11-12-34-13-19/h3-6,11-14,16,18H,7-10H2,1-2H3,(H,29,30)(H2,25,26,27)/t16-,18-. The van der Waals surface area contributed by atoms with E-state index >= 15 is 0 Å². The van der Waals surface area contributed by atoms with E-state index in [4.69, 9.17) is 20.0 Å². The summed E-state index contributed by atoms with van der Waals surface area (Å²) in [5.74, 6) is 1.07. The number of nitrogen functional groups attached to an aromatic ring is 1. The van der Waals surface area contributed by atoms with Crippen LogP contribution < -0.4 is 15.8 Å². The molecule has 3 heterocycles. The highest BCUT2D eigenvalue weighted by Gasteiger charge is 2.35. The molecule has 8 nitrogen and oxygen atoms in total. The maximum Gasteiger partial charge on any atom is 0.359 e. The number of thiophene rings is 1. The van der Waals surface area contributed by atoms with Crippen molar-refractivity contribution in [1.82, 2.24) is 9.97 Å². The smallest absolute Gasteiger partial charge is 0.359 e. The normalized spacial score (nSPS) is 23.3. The van der Waals surface area contributed by atoms with Crippen LogP contribution in [0.5, 0.6) is 5.88 Å². The number of fused-ring (bicyclic) bond motifs is 1. The van der Waals surface area contributed by atoms with Crippen LogP contribution in [0.3, 0.4) is 0 Å². The Morgan fingerprint density at radius 1 is 1.15 bits per heavy atom. The van der Waals surface area contributed by atoms with Gasteiger partial charge in [-0.25, -0.2) is 9.98 Å². The molecule has 1 aromatic carbocycles. The van der Waals surface area contributed by atoms with Gasteiger partial charge in [0, 0.05) is 10.9 Å². The van der Waals surface area contributed by atoms with Crippen LogP contribution in [0.15, 0.2) is 52.4 Å². The molecule has 3 aromatic rings. The third-order valence-electron chi connectivity index (χ3n) is 6.42. The molecule has 178 valence electrons. The fourth-order valence-corrected chi connectivity index (χ4v) is 6.94. The van der Waals surface area contributed by atoms with E-state index in [1.165, 1.54) is 23.2 Å². The van der Waals surface area contributed by atoms with Gasteiger partial charge in [-0.2, -0.15) is 16.3 Å². The topological polar surface area (TPSA) is 120 Å². The van der Waals surface area contributed by atoms with Crippen LogP contribution in [0.1, 0.15) is 56.6 Å². The molecule has 3 N–H and O–H groups in total. The summed E-state index contributed by atoms with van der Waals surface area (Å²) in [6.45, 7) is 3.91. The predicted molar refractivity (Wildman–Crippen MR) is 134 cm³/mol. The van der Waals surface area contributed by atoms with E-state index in [1.807, 2.05) is 13.8 Å². The van der Waals surface area contributed by atoms with Crippen molar-refractivity contribution in [3.05, 3.63) is 58.5 Å². The first-order chi connectivity index (χ1) is 16.2. The van der Waals surface area contributed by atoms with Crippen LogP contribution in [0.4, 0.5) is 11.5 Å². The molecule has 1 aliphatic heterocycles. The Kier molecular flexibility index (Phi) is 6.06. The summed E-state index contributed by atoms with van der Waals surface area (Å²) in [4.78, 5) is 23.2. The Morgan fingerprint density at radius 3 is 2.56 bits per heavy atom. The van der Waals surface area contributed by atoms with Gasteiger partial charge < -0.3 is 19.9 Å². The zero-order valence-electron chi connectivity index (χ0n) is 19.0. The van der Waals surface area contributed by atoms with E-state index in [1.54, 1.807) is 16.8 Å². The van der Waals surface area contributed by atoms with Gasteiger partial charge in [-0.3, -0.25) is 4.57 Å². The minimum Gasteiger partial charge on any atom is -0.463 e. The van der Waals surface area contributed by atoms with Crippen molar-refractivity contribution >= 4 is 41.5 Å². The molecule has 0 spiro atoms. The Labute approximate surface area is 202 Å². The van der Waals surface area contributed by atoms with E-state index in [-0.39, 0.29) is 6.10 Å². The molecule has 0 bridgehead atoms. The highest BCUT2D eigenvalue weighted by Crippen LogP contribution is 2.46. The number of rotatable bonds is 5. The van der Waals surface area contributed by atoms with Crippen molar-refractivity contribution in [3.63, 3.8) is 0 Å². The lowest BCUT2D eigenvalue weighted by molar-refractivity contribution is 0.133. The molecule has 2 aliphatic rings. The van der Waals surface area contributed by atoms with Gasteiger partial charge in [0.25, 0.3) is 0 Å². The van der Waals surface area contributed by atoms with E-state index < -0.39 is 13.2 Å². The Bertz CT molecular complexity index is 1250. The van der Waals surface area contributed by atoms with Gasteiger partial charge in [-0.15, -0.1) is 0 Å². The molecule has 5 rings (SSSR count). The fourth-order valence-electron chi connectivity index (χ4n) is 4.60. The van der Waals surface area contributed by atoms with Crippen LogP contribution in [-0.4, -0.2) is 32.3 Å². The van der Waals surface area contributed by atoms with Crippen molar-refractivity contribution in [2.75, 3.05) is 5.73 Å². The number of hydrogen-bond acceptors (Lipinski definition) is 8. The van der Waals surface area contributed by atoms with Crippen molar-refractivity contribution in [2.45, 2.75) is 57.2 Å². The zero-order valence-corrected chi connectivity index (χ0v) is 20.8. The summed E-state index contributed by atoms with van der Waals surface area (Å²) in [5, 5.41) is 3.84. The number of aliphatic imine (C=N–C) groups is 1. The van der Waals surface area contributed by atoms with Gasteiger partial charge in [0.15, 0.2) is 11.5 Å².